The molecule has 8 nitrogen and oxygen atoms in total. The van der Waals surface area contributed by atoms with Crippen LogP contribution in [-0.2, 0) is 29.2 Å². The first-order chi connectivity index (χ1) is 13.4. The Kier molecular flexibility index (Phi) is 8.94. The van der Waals surface area contributed by atoms with E-state index < -0.39 is 33.4 Å². The number of benzene rings is 1. The average Bonchev–Trinajstić information content (AvgIpc) is 2.60. The zero-order valence-electron chi connectivity index (χ0n) is 17.8. The zero-order valence-corrected chi connectivity index (χ0v) is 18.6. The van der Waals surface area contributed by atoms with Gasteiger partial charge in [-0.05, 0) is 40.2 Å². The molecule has 0 N–H and O–H groups in total. The SMILES string of the molecule is CCOC(=O)CC[C@@H](COC(=O)C(C)(C)C)c1cccc(OC)c1OS(C)(=O)=O. The van der Waals surface area contributed by atoms with Gasteiger partial charge in [0, 0.05) is 17.9 Å². The number of para-hydroxylation sites is 1. The quantitative estimate of drug-likeness (QED) is 0.412. The van der Waals surface area contributed by atoms with E-state index in [-0.39, 0.29) is 37.6 Å². The molecular weight excluding hydrogens is 400 g/mol. The molecule has 1 aromatic carbocycles. The lowest BCUT2D eigenvalue weighted by molar-refractivity contribution is -0.153. The van der Waals surface area contributed by atoms with Gasteiger partial charge < -0.3 is 18.4 Å². The predicted molar refractivity (Wildman–Crippen MR) is 107 cm³/mol. The Balaban J connectivity index is 3.25. The van der Waals surface area contributed by atoms with Crippen molar-refractivity contribution < 1.29 is 36.4 Å². The normalized spacial score (nSPS) is 12.8. The number of carbonyl (C=O) groups is 2. The van der Waals surface area contributed by atoms with Crippen LogP contribution >= 0.6 is 0 Å². The third-order valence-corrected chi connectivity index (χ3v) is 4.40. The molecule has 0 amide bonds. The van der Waals surface area contributed by atoms with E-state index in [1.807, 2.05) is 0 Å². The summed E-state index contributed by atoms with van der Waals surface area (Å²) < 4.78 is 44.3. The molecule has 0 fully saturated rings. The molecule has 1 aromatic rings. The molecule has 0 aliphatic carbocycles. The Morgan fingerprint density at radius 3 is 2.31 bits per heavy atom. The third-order valence-electron chi connectivity index (χ3n) is 3.93. The maximum Gasteiger partial charge on any atom is 0.311 e. The molecule has 0 saturated heterocycles. The van der Waals surface area contributed by atoms with Crippen molar-refractivity contribution in [3.63, 3.8) is 0 Å². The van der Waals surface area contributed by atoms with E-state index >= 15 is 0 Å². The molecular formula is C20H30O8S. The highest BCUT2D eigenvalue weighted by Gasteiger charge is 2.28. The Morgan fingerprint density at radius 1 is 1.14 bits per heavy atom. The maximum atomic E-state index is 12.2. The Morgan fingerprint density at radius 2 is 1.79 bits per heavy atom. The van der Waals surface area contributed by atoms with Gasteiger partial charge in [0.15, 0.2) is 11.5 Å². The maximum absolute atomic E-state index is 12.2. The monoisotopic (exact) mass is 430 g/mol. The second-order valence-electron chi connectivity index (χ2n) is 7.56. The van der Waals surface area contributed by atoms with Crippen molar-refractivity contribution in [2.75, 3.05) is 26.6 Å². The Labute approximate surface area is 172 Å². The minimum absolute atomic E-state index is 0.0122. The minimum atomic E-state index is -3.84. The fraction of sp³-hybridized carbons (Fsp3) is 0.600. The lowest BCUT2D eigenvalue weighted by Gasteiger charge is -2.23. The van der Waals surface area contributed by atoms with Gasteiger partial charge in [0.1, 0.15) is 0 Å². The number of esters is 2. The molecule has 9 heteroatoms. The van der Waals surface area contributed by atoms with E-state index in [1.54, 1.807) is 45.9 Å². The first-order valence-electron chi connectivity index (χ1n) is 9.28. The summed E-state index contributed by atoms with van der Waals surface area (Å²) in [4.78, 5) is 24.0. The van der Waals surface area contributed by atoms with Crippen LogP contribution in [0.2, 0.25) is 0 Å². The lowest BCUT2D eigenvalue weighted by atomic mass is 9.93. The summed E-state index contributed by atoms with van der Waals surface area (Å²) >= 11 is 0. The average molecular weight is 431 g/mol. The first-order valence-corrected chi connectivity index (χ1v) is 11.1. The molecule has 0 aromatic heterocycles. The van der Waals surface area contributed by atoms with Crippen LogP contribution in [0.3, 0.4) is 0 Å². The van der Waals surface area contributed by atoms with E-state index in [9.17, 15) is 18.0 Å². The summed E-state index contributed by atoms with van der Waals surface area (Å²) in [5, 5.41) is 0. The summed E-state index contributed by atoms with van der Waals surface area (Å²) in [6, 6.07) is 4.89. The standard InChI is InChI=1S/C20H30O8S/c1-7-26-17(21)12-11-14(13-27-19(22)20(2,3)4)15-9-8-10-16(25-5)18(15)28-29(6,23)24/h8-10,14H,7,11-13H2,1-6H3/t14-/m0/s1. The van der Waals surface area contributed by atoms with Gasteiger partial charge in [0.05, 0.1) is 32.0 Å². The fourth-order valence-corrected chi connectivity index (χ4v) is 2.98. The smallest absolute Gasteiger partial charge is 0.311 e. The van der Waals surface area contributed by atoms with E-state index in [0.717, 1.165) is 6.26 Å². The molecule has 1 rings (SSSR count). The summed E-state index contributed by atoms with van der Waals surface area (Å²) in [5.74, 6) is -1.08. The minimum Gasteiger partial charge on any atom is -0.493 e. The number of hydrogen-bond acceptors (Lipinski definition) is 8. The highest BCUT2D eigenvalue weighted by atomic mass is 32.2. The number of hydrogen-bond donors (Lipinski definition) is 0. The number of ether oxygens (including phenoxy) is 3. The van der Waals surface area contributed by atoms with Crippen LogP contribution in [0.15, 0.2) is 18.2 Å². The summed E-state index contributed by atoms with van der Waals surface area (Å²) in [7, 11) is -2.45. The molecule has 29 heavy (non-hydrogen) atoms. The van der Waals surface area contributed by atoms with Gasteiger partial charge in [0.2, 0.25) is 0 Å². The molecule has 1 atom stereocenters. The van der Waals surface area contributed by atoms with Gasteiger partial charge in [-0.3, -0.25) is 9.59 Å². The van der Waals surface area contributed by atoms with Crippen LogP contribution in [0.4, 0.5) is 0 Å². The van der Waals surface area contributed by atoms with Crippen LogP contribution in [0, 0.1) is 5.41 Å². The van der Waals surface area contributed by atoms with Crippen molar-refractivity contribution in [2.24, 2.45) is 5.41 Å². The molecule has 0 spiro atoms. The van der Waals surface area contributed by atoms with Crippen molar-refractivity contribution in [1.29, 1.82) is 0 Å². The van der Waals surface area contributed by atoms with Crippen molar-refractivity contribution >= 4 is 22.1 Å². The second-order valence-corrected chi connectivity index (χ2v) is 9.13. The molecule has 0 bridgehead atoms. The Hall–Kier alpha value is -2.29. The van der Waals surface area contributed by atoms with Gasteiger partial charge >= 0.3 is 22.1 Å². The third kappa shape index (κ3) is 8.31. The van der Waals surface area contributed by atoms with E-state index in [1.165, 1.54) is 7.11 Å². The molecule has 164 valence electrons. The molecule has 0 aliphatic heterocycles. The van der Waals surface area contributed by atoms with Crippen LogP contribution in [0.1, 0.15) is 52.0 Å². The fourth-order valence-electron chi connectivity index (χ4n) is 2.50. The lowest BCUT2D eigenvalue weighted by Crippen LogP contribution is -2.25. The van der Waals surface area contributed by atoms with Gasteiger partial charge in [0.25, 0.3) is 0 Å². The van der Waals surface area contributed by atoms with Crippen molar-refractivity contribution in [2.45, 2.75) is 46.5 Å². The van der Waals surface area contributed by atoms with Gasteiger partial charge in [-0.15, -0.1) is 0 Å². The number of methoxy groups -OCH3 is 1. The van der Waals surface area contributed by atoms with Crippen LogP contribution in [0.5, 0.6) is 11.5 Å². The van der Waals surface area contributed by atoms with Crippen LogP contribution in [0.25, 0.3) is 0 Å². The van der Waals surface area contributed by atoms with Crippen molar-refractivity contribution in [3.05, 3.63) is 23.8 Å². The molecule has 0 unspecified atom stereocenters. The van der Waals surface area contributed by atoms with Gasteiger partial charge in [-0.2, -0.15) is 8.42 Å². The number of carbonyl (C=O) groups excluding carboxylic acids is 2. The Bertz CT molecular complexity index is 808. The van der Waals surface area contributed by atoms with E-state index in [2.05, 4.69) is 0 Å². The largest absolute Gasteiger partial charge is 0.493 e. The van der Waals surface area contributed by atoms with Gasteiger partial charge in [-0.1, -0.05) is 12.1 Å². The van der Waals surface area contributed by atoms with Crippen molar-refractivity contribution in [3.8, 4) is 11.5 Å². The summed E-state index contributed by atoms with van der Waals surface area (Å²) in [6.07, 6.45) is 1.26. The highest BCUT2D eigenvalue weighted by Crippen LogP contribution is 2.38. The second kappa shape index (κ2) is 10.5. The van der Waals surface area contributed by atoms with Crippen LogP contribution < -0.4 is 8.92 Å². The van der Waals surface area contributed by atoms with Crippen LogP contribution in [-0.4, -0.2) is 46.9 Å². The molecule has 0 saturated carbocycles. The van der Waals surface area contributed by atoms with Crippen molar-refractivity contribution in [1.82, 2.24) is 0 Å². The first kappa shape index (κ1) is 24.7. The van der Waals surface area contributed by atoms with Gasteiger partial charge in [-0.25, -0.2) is 0 Å². The topological polar surface area (TPSA) is 105 Å². The molecule has 0 radical (unpaired) electrons. The number of rotatable bonds is 10. The summed E-state index contributed by atoms with van der Waals surface area (Å²) in [6.45, 7) is 7.10. The molecule has 0 aliphatic rings. The summed E-state index contributed by atoms with van der Waals surface area (Å²) in [5.41, 5.74) is -0.243. The van der Waals surface area contributed by atoms with E-state index in [0.29, 0.717) is 5.56 Å². The molecule has 0 heterocycles. The highest BCUT2D eigenvalue weighted by molar-refractivity contribution is 7.86. The van der Waals surface area contributed by atoms with E-state index in [4.69, 9.17) is 18.4 Å². The zero-order chi connectivity index (χ0) is 22.2. The predicted octanol–water partition coefficient (Wildman–Crippen LogP) is 3.05.